The van der Waals surface area contributed by atoms with Gasteiger partial charge in [-0.2, -0.15) is 5.10 Å². The molecule has 1 heterocycles. The summed E-state index contributed by atoms with van der Waals surface area (Å²) in [4.78, 5) is 21.5. The predicted molar refractivity (Wildman–Crippen MR) is 52.2 cm³/mol. The first-order valence-corrected chi connectivity index (χ1v) is 4.40. The molecule has 0 radical (unpaired) electrons. The highest BCUT2D eigenvalue weighted by atomic mass is 16.4. The number of hydrogen-bond acceptors (Lipinski definition) is 4. The average molecular weight is 212 g/mol. The normalized spacial score (nSPS) is 9.87. The first-order valence-electron chi connectivity index (χ1n) is 4.40. The van der Waals surface area contributed by atoms with Crippen molar-refractivity contribution in [2.24, 2.45) is 0 Å². The number of aromatic amines is 1. The Balaban J connectivity index is 2.31. The standard InChI is InChI=1S/C8H12N4O3/c9-5-4-11-12-7(5)8(15)10-3-1-2-6(13)14/h4H,1-3,9H2,(H,10,15)(H,11,12)(H,13,14). The van der Waals surface area contributed by atoms with E-state index in [9.17, 15) is 9.59 Å². The third-order valence-electron chi connectivity index (χ3n) is 1.75. The number of carboxylic acids is 1. The minimum absolute atomic E-state index is 0.0265. The average Bonchev–Trinajstić information content (AvgIpc) is 2.58. The van der Waals surface area contributed by atoms with Gasteiger partial charge in [0.15, 0.2) is 0 Å². The van der Waals surface area contributed by atoms with Crippen LogP contribution < -0.4 is 11.1 Å². The SMILES string of the molecule is Nc1cn[nH]c1C(=O)NCCCC(=O)O. The maximum absolute atomic E-state index is 11.4. The van der Waals surface area contributed by atoms with Crippen molar-refractivity contribution in [2.75, 3.05) is 12.3 Å². The summed E-state index contributed by atoms with van der Waals surface area (Å²) in [6.45, 7) is 0.295. The highest BCUT2D eigenvalue weighted by Gasteiger charge is 2.10. The largest absolute Gasteiger partial charge is 0.481 e. The number of nitrogens with one attached hydrogen (secondary N) is 2. The lowest BCUT2D eigenvalue weighted by molar-refractivity contribution is -0.137. The molecule has 82 valence electrons. The van der Waals surface area contributed by atoms with Crippen LogP contribution >= 0.6 is 0 Å². The lowest BCUT2D eigenvalue weighted by Gasteiger charge is -2.02. The van der Waals surface area contributed by atoms with E-state index in [-0.39, 0.29) is 23.7 Å². The van der Waals surface area contributed by atoms with Crippen molar-refractivity contribution < 1.29 is 14.7 Å². The summed E-state index contributed by atoms with van der Waals surface area (Å²) in [5, 5.41) is 16.9. The Bertz CT molecular complexity index is 361. The van der Waals surface area contributed by atoms with Crippen molar-refractivity contribution >= 4 is 17.6 Å². The molecule has 5 N–H and O–H groups in total. The van der Waals surface area contributed by atoms with Crippen molar-refractivity contribution in [2.45, 2.75) is 12.8 Å². The topological polar surface area (TPSA) is 121 Å². The molecular weight excluding hydrogens is 200 g/mol. The number of carbonyl (C=O) groups excluding carboxylic acids is 1. The van der Waals surface area contributed by atoms with Gasteiger partial charge in [0.1, 0.15) is 5.69 Å². The number of nitrogens with two attached hydrogens (primary N) is 1. The quantitative estimate of drug-likeness (QED) is 0.494. The summed E-state index contributed by atoms with van der Waals surface area (Å²) < 4.78 is 0. The second-order valence-corrected chi connectivity index (χ2v) is 2.95. The fourth-order valence-corrected chi connectivity index (χ4v) is 1.01. The van der Waals surface area contributed by atoms with Crippen LogP contribution in [-0.2, 0) is 4.79 Å². The summed E-state index contributed by atoms with van der Waals surface area (Å²) in [5.41, 5.74) is 5.91. The van der Waals surface area contributed by atoms with Gasteiger partial charge in [0.05, 0.1) is 11.9 Å². The van der Waals surface area contributed by atoms with Crippen LogP contribution in [0.1, 0.15) is 23.3 Å². The smallest absolute Gasteiger partial charge is 0.303 e. The van der Waals surface area contributed by atoms with Crippen molar-refractivity contribution in [3.05, 3.63) is 11.9 Å². The van der Waals surface area contributed by atoms with E-state index in [1.807, 2.05) is 0 Å². The molecule has 1 rings (SSSR count). The maximum atomic E-state index is 11.4. The maximum Gasteiger partial charge on any atom is 0.303 e. The lowest BCUT2D eigenvalue weighted by atomic mass is 10.3. The number of nitrogens with zero attached hydrogens (tertiary/aromatic N) is 1. The van der Waals surface area contributed by atoms with Crippen molar-refractivity contribution in [1.29, 1.82) is 0 Å². The van der Waals surface area contributed by atoms with Crippen LogP contribution in [0.5, 0.6) is 0 Å². The Labute approximate surface area is 85.7 Å². The molecule has 0 saturated heterocycles. The number of nitrogen functional groups attached to an aromatic ring is 1. The summed E-state index contributed by atoms with van der Waals surface area (Å²) >= 11 is 0. The van der Waals surface area contributed by atoms with Gasteiger partial charge in [0.25, 0.3) is 5.91 Å². The zero-order valence-corrected chi connectivity index (χ0v) is 7.99. The number of carboxylic acid groups (broad SMARTS) is 1. The van der Waals surface area contributed by atoms with Gasteiger partial charge in [-0.25, -0.2) is 0 Å². The van der Waals surface area contributed by atoms with Crippen LogP contribution in [-0.4, -0.2) is 33.7 Å². The van der Waals surface area contributed by atoms with E-state index in [0.717, 1.165) is 0 Å². The Hall–Kier alpha value is -2.05. The van der Waals surface area contributed by atoms with Gasteiger partial charge in [-0.05, 0) is 6.42 Å². The third kappa shape index (κ3) is 3.29. The number of aromatic nitrogens is 2. The molecule has 7 nitrogen and oxygen atoms in total. The first kappa shape index (κ1) is 11.0. The summed E-state index contributed by atoms with van der Waals surface area (Å²) in [5.74, 6) is -1.26. The third-order valence-corrected chi connectivity index (χ3v) is 1.75. The second kappa shape index (κ2) is 4.99. The molecule has 1 aromatic heterocycles. The predicted octanol–water partition coefficient (Wildman–Crippen LogP) is -0.413. The number of H-pyrrole nitrogens is 1. The molecule has 0 saturated carbocycles. The van der Waals surface area contributed by atoms with Gasteiger partial charge < -0.3 is 16.2 Å². The van der Waals surface area contributed by atoms with Crippen molar-refractivity contribution in [3.63, 3.8) is 0 Å². The first-order chi connectivity index (χ1) is 7.11. The molecule has 0 fully saturated rings. The Kier molecular flexibility index (Phi) is 3.67. The van der Waals surface area contributed by atoms with E-state index in [1.54, 1.807) is 0 Å². The van der Waals surface area contributed by atoms with E-state index in [0.29, 0.717) is 13.0 Å². The van der Waals surface area contributed by atoms with Gasteiger partial charge in [0, 0.05) is 13.0 Å². The molecule has 0 bridgehead atoms. The van der Waals surface area contributed by atoms with Crippen molar-refractivity contribution in [1.82, 2.24) is 15.5 Å². The molecule has 0 aliphatic rings. The molecule has 0 aromatic carbocycles. The fraction of sp³-hybridized carbons (Fsp3) is 0.375. The summed E-state index contributed by atoms with van der Waals surface area (Å²) in [6, 6.07) is 0. The summed E-state index contributed by atoms with van der Waals surface area (Å²) in [7, 11) is 0. The van der Waals surface area contributed by atoms with Crippen LogP contribution in [0.25, 0.3) is 0 Å². The monoisotopic (exact) mass is 212 g/mol. The van der Waals surface area contributed by atoms with E-state index >= 15 is 0 Å². The van der Waals surface area contributed by atoms with Crippen molar-refractivity contribution in [3.8, 4) is 0 Å². The second-order valence-electron chi connectivity index (χ2n) is 2.95. The zero-order valence-electron chi connectivity index (χ0n) is 7.99. The summed E-state index contributed by atoms with van der Waals surface area (Å²) in [6.07, 6.45) is 1.75. The molecule has 0 spiro atoms. The number of rotatable bonds is 5. The van der Waals surface area contributed by atoms with Gasteiger partial charge in [-0.15, -0.1) is 0 Å². The van der Waals surface area contributed by atoms with E-state index in [4.69, 9.17) is 10.8 Å². The Morgan fingerprint density at radius 3 is 2.87 bits per heavy atom. The fourth-order valence-electron chi connectivity index (χ4n) is 1.01. The molecule has 0 unspecified atom stereocenters. The van der Waals surface area contributed by atoms with E-state index in [2.05, 4.69) is 15.5 Å². The number of aliphatic carboxylic acids is 1. The Morgan fingerprint density at radius 1 is 1.60 bits per heavy atom. The zero-order chi connectivity index (χ0) is 11.3. The van der Waals surface area contributed by atoms with Crippen LogP contribution in [0.2, 0.25) is 0 Å². The molecule has 1 aromatic rings. The lowest BCUT2D eigenvalue weighted by Crippen LogP contribution is -2.26. The highest BCUT2D eigenvalue weighted by molar-refractivity contribution is 5.96. The van der Waals surface area contributed by atoms with Gasteiger partial charge in [0.2, 0.25) is 0 Å². The molecule has 0 aliphatic carbocycles. The number of carbonyl (C=O) groups is 2. The molecule has 7 heteroatoms. The number of amides is 1. The highest BCUT2D eigenvalue weighted by Crippen LogP contribution is 2.04. The van der Waals surface area contributed by atoms with Gasteiger partial charge >= 0.3 is 5.97 Å². The van der Waals surface area contributed by atoms with Crippen LogP contribution in [0.3, 0.4) is 0 Å². The molecule has 0 aliphatic heterocycles. The minimum Gasteiger partial charge on any atom is -0.481 e. The Morgan fingerprint density at radius 2 is 2.33 bits per heavy atom. The van der Waals surface area contributed by atoms with E-state index in [1.165, 1.54) is 6.20 Å². The number of anilines is 1. The minimum atomic E-state index is -0.884. The van der Waals surface area contributed by atoms with E-state index < -0.39 is 5.97 Å². The molecule has 15 heavy (non-hydrogen) atoms. The molecular formula is C8H12N4O3. The van der Waals surface area contributed by atoms with Crippen LogP contribution in [0.4, 0.5) is 5.69 Å². The molecule has 0 atom stereocenters. The van der Waals surface area contributed by atoms with Crippen LogP contribution in [0.15, 0.2) is 6.20 Å². The van der Waals surface area contributed by atoms with Gasteiger partial charge in [-0.3, -0.25) is 14.7 Å². The van der Waals surface area contributed by atoms with Gasteiger partial charge in [-0.1, -0.05) is 0 Å². The molecule has 1 amide bonds. The van der Waals surface area contributed by atoms with Crippen LogP contribution in [0, 0.1) is 0 Å². The number of hydrogen-bond donors (Lipinski definition) is 4.